The molecule has 6 heteroatoms. The number of carbonyl (C=O) groups is 1. The molecule has 18 heavy (non-hydrogen) atoms. The predicted octanol–water partition coefficient (Wildman–Crippen LogP) is 0.704. The van der Waals surface area contributed by atoms with Gasteiger partial charge in [-0.2, -0.15) is 5.21 Å². The van der Waals surface area contributed by atoms with Gasteiger partial charge < -0.3 is 5.32 Å². The molecule has 0 saturated heterocycles. The molecule has 0 radical (unpaired) electrons. The maximum Gasteiger partial charge on any atom is 0.234 e. The summed E-state index contributed by atoms with van der Waals surface area (Å²) in [4.78, 5) is 12.4. The zero-order valence-corrected chi connectivity index (χ0v) is 10.2. The highest BCUT2D eigenvalue weighted by Crippen LogP contribution is 2.35. The largest absolute Gasteiger partial charge is 0.355 e. The fraction of sp³-hybridized carbons (Fsp3) is 0.667. The summed E-state index contributed by atoms with van der Waals surface area (Å²) in [5.41, 5.74) is -0.642. The van der Waals surface area contributed by atoms with E-state index < -0.39 is 5.41 Å². The topological polar surface area (TPSA) is 83.6 Å². The Labute approximate surface area is 105 Å². The number of aromatic nitrogens is 4. The first-order valence-corrected chi connectivity index (χ1v) is 6.48. The third-order valence-corrected chi connectivity index (χ3v) is 4.08. The van der Waals surface area contributed by atoms with Crippen LogP contribution in [0.5, 0.6) is 0 Å². The number of hydrogen-bond acceptors (Lipinski definition) is 4. The Morgan fingerprint density at radius 1 is 1.44 bits per heavy atom. The molecule has 0 spiro atoms. The van der Waals surface area contributed by atoms with E-state index in [-0.39, 0.29) is 5.91 Å². The standard InChI is InChI=1S/C12H17N5O/c18-11(13-8-9-4-3-5-9)12(6-1-2-7-12)10-14-16-17-15-10/h1-2,9H,3-8H2,(H,13,18)(H,14,15,16,17). The van der Waals surface area contributed by atoms with Crippen LogP contribution in [0.15, 0.2) is 12.2 Å². The smallest absolute Gasteiger partial charge is 0.234 e. The molecule has 1 fully saturated rings. The first-order valence-electron chi connectivity index (χ1n) is 6.48. The van der Waals surface area contributed by atoms with E-state index in [0.717, 1.165) is 6.54 Å². The molecular weight excluding hydrogens is 230 g/mol. The molecule has 2 aliphatic carbocycles. The lowest BCUT2D eigenvalue weighted by Crippen LogP contribution is -2.45. The molecule has 2 aliphatic rings. The molecule has 1 amide bonds. The average molecular weight is 247 g/mol. The highest BCUT2D eigenvalue weighted by molar-refractivity contribution is 5.88. The van der Waals surface area contributed by atoms with Crippen LogP contribution < -0.4 is 5.32 Å². The summed E-state index contributed by atoms with van der Waals surface area (Å²) in [6.45, 7) is 0.776. The minimum atomic E-state index is -0.642. The lowest BCUT2D eigenvalue weighted by atomic mass is 9.82. The van der Waals surface area contributed by atoms with Crippen LogP contribution in [-0.2, 0) is 10.2 Å². The fourth-order valence-electron chi connectivity index (χ4n) is 2.59. The zero-order chi connectivity index (χ0) is 12.4. The van der Waals surface area contributed by atoms with Crippen molar-refractivity contribution in [3.05, 3.63) is 18.0 Å². The zero-order valence-electron chi connectivity index (χ0n) is 10.2. The first kappa shape index (κ1) is 11.4. The van der Waals surface area contributed by atoms with Crippen LogP contribution in [0.1, 0.15) is 37.9 Å². The third-order valence-electron chi connectivity index (χ3n) is 4.08. The van der Waals surface area contributed by atoms with Gasteiger partial charge in [-0.1, -0.05) is 23.8 Å². The molecule has 1 saturated carbocycles. The van der Waals surface area contributed by atoms with Crippen LogP contribution in [0.4, 0.5) is 0 Å². The van der Waals surface area contributed by atoms with E-state index in [9.17, 15) is 4.79 Å². The summed E-state index contributed by atoms with van der Waals surface area (Å²) in [5.74, 6) is 1.19. The lowest BCUT2D eigenvalue weighted by Gasteiger charge is -2.29. The van der Waals surface area contributed by atoms with Crippen LogP contribution in [0.2, 0.25) is 0 Å². The van der Waals surface area contributed by atoms with E-state index in [0.29, 0.717) is 24.6 Å². The van der Waals surface area contributed by atoms with Crippen LogP contribution in [0, 0.1) is 5.92 Å². The van der Waals surface area contributed by atoms with Crippen molar-refractivity contribution < 1.29 is 4.79 Å². The molecule has 1 aromatic rings. The van der Waals surface area contributed by atoms with Crippen molar-refractivity contribution in [2.24, 2.45) is 5.92 Å². The molecule has 0 unspecified atom stereocenters. The highest BCUT2D eigenvalue weighted by atomic mass is 16.2. The summed E-state index contributed by atoms with van der Waals surface area (Å²) < 4.78 is 0. The van der Waals surface area contributed by atoms with Gasteiger partial charge in [0.2, 0.25) is 5.91 Å². The Balaban J connectivity index is 1.71. The van der Waals surface area contributed by atoms with Crippen molar-refractivity contribution in [1.29, 1.82) is 0 Å². The normalized spacial score (nSPS) is 21.8. The Morgan fingerprint density at radius 2 is 2.22 bits per heavy atom. The Morgan fingerprint density at radius 3 is 2.78 bits per heavy atom. The van der Waals surface area contributed by atoms with Crippen LogP contribution >= 0.6 is 0 Å². The van der Waals surface area contributed by atoms with Crippen molar-refractivity contribution in [1.82, 2.24) is 25.9 Å². The molecule has 0 atom stereocenters. The lowest BCUT2D eigenvalue weighted by molar-refractivity contribution is -0.127. The number of tetrazole rings is 1. The molecular formula is C12H17N5O. The van der Waals surface area contributed by atoms with Gasteiger partial charge in [0.15, 0.2) is 5.82 Å². The van der Waals surface area contributed by atoms with Gasteiger partial charge in [0, 0.05) is 6.54 Å². The van der Waals surface area contributed by atoms with Gasteiger partial charge in [-0.15, -0.1) is 10.2 Å². The molecule has 1 heterocycles. The van der Waals surface area contributed by atoms with Crippen molar-refractivity contribution in [2.45, 2.75) is 37.5 Å². The Kier molecular flexibility index (Phi) is 2.85. The van der Waals surface area contributed by atoms with Crippen molar-refractivity contribution in [2.75, 3.05) is 6.54 Å². The molecule has 0 aromatic carbocycles. The summed E-state index contributed by atoms with van der Waals surface area (Å²) in [7, 11) is 0. The van der Waals surface area contributed by atoms with Crippen LogP contribution in [0.25, 0.3) is 0 Å². The van der Waals surface area contributed by atoms with Gasteiger partial charge >= 0.3 is 0 Å². The summed E-state index contributed by atoms with van der Waals surface area (Å²) in [5, 5.41) is 17.1. The number of carbonyl (C=O) groups excluding carboxylic acids is 1. The highest BCUT2D eigenvalue weighted by Gasteiger charge is 2.44. The number of H-pyrrole nitrogens is 1. The number of rotatable bonds is 4. The first-order chi connectivity index (χ1) is 8.81. The van der Waals surface area contributed by atoms with E-state index in [2.05, 4.69) is 25.9 Å². The number of nitrogens with zero attached hydrogens (tertiary/aromatic N) is 3. The van der Waals surface area contributed by atoms with E-state index >= 15 is 0 Å². The quantitative estimate of drug-likeness (QED) is 0.767. The molecule has 3 rings (SSSR count). The van der Waals surface area contributed by atoms with Gasteiger partial charge in [0.05, 0.1) is 0 Å². The van der Waals surface area contributed by atoms with E-state index in [4.69, 9.17) is 0 Å². The second-order valence-electron chi connectivity index (χ2n) is 5.20. The number of aromatic amines is 1. The van der Waals surface area contributed by atoms with Crippen molar-refractivity contribution >= 4 is 5.91 Å². The van der Waals surface area contributed by atoms with Gasteiger partial charge in [0.25, 0.3) is 0 Å². The number of nitrogens with one attached hydrogen (secondary N) is 2. The molecule has 0 bridgehead atoms. The summed E-state index contributed by atoms with van der Waals surface area (Å²) in [6.07, 6.45) is 9.09. The van der Waals surface area contributed by atoms with E-state index in [1.165, 1.54) is 19.3 Å². The van der Waals surface area contributed by atoms with Gasteiger partial charge in [-0.3, -0.25) is 4.79 Å². The molecule has 6 nitrogen and oxygen atoms in total. The van der Waals surface area contributed by atoms with Crippen LogP contribution in [0.3, 0.4) is 0 Å². The second kappa shape index (κ2) is 4.51. The van der Waals surface area contributed by atoms with E-state index in [1.807, 2.05) is 12.2 Å². The Bertz CT molecular complexity index is 441. The van der Waals surface area contributed by atoms with Crippen LogP contribution in [-0.4, -0.2) is 33.1 Å². The Hall–Kier alpha value is -1.72. The monoisotopic (exact) mass is 247 g/mol. The number of hydrogen-bond donors (Lipinski definition) is 2. The van der Waals surface area contributed by atoms with Gasteiger partial charge in [0.1, 0.15) is 5.41 Å². The van der Waals surface area contributed by atoms with Gasteiger partial charge in [-0.25, -0.2) is 0 Å². The molecule has 96 valence electrons. The molecule has 1 aromatic heterocycles. The minimum Gasteiger partial charge on any atom is -0.355 e. The number of amides is 1. The van der Waals surface area contributed by atoms with E-state index in [1.54, 1.807) is 0 Å². The third kappa shape index (κ3) is 1.81. The molecule has 0 aliphatic heterocycles. The summed E-state index contributed by atoms with van der Waals surface area (Å²) >= 11 is 0. The number of allylic oxidation sites excluding steroid dienone is 2. The second-order valence-corrected chi connectivity index (χ2v) is 5.20. The maximum absolute atomic E-state index is 12.4. The predicted molar refractivity (Wildman–Crippen MR) is 64.6 cm³/mol. The summed E-state index contributed by atoms with van der Waals surface area (Å²) in [6, 6.07) is 0. The fourth-order valence-corrected chi connectivity index (χ4v) is 2.59. The molecule has 2 N–H and O–H groups in total. The maximum atomic E-state index is 12.4. The minimum absolute atomic E-state index is 0.0285. The average Bonchev–Trinajstić information content (AvgIpc) is 2.98. The van der Waals surface area contributed by atoms with Gasteiger partial charge in [-0.05, 0) is 31.6 Å². The van der Waals surface area contributed by atoms with Crippen molar-refractivity contribution in [3.8, 4) is 0 Å². The SMILES string of the molecule is O=C(NCC1CCC1)C1(c2nn[nH]n2)CC=CC1. The van der Waals surface area contributed by atoms with Crippen molar-refractivity contribution in [3.63, 3.8) is 0 Å².